The van der Waals surface area contributed by atoms with Crippen molar-refractivity contribution in [1.82, 2.24) is 9.47 Å². The maximum Gasteiger partial charge on any atom is 0.173 e. The van der Waals surface area contributed by atoms with Crippen molar-refractivity contribution in [3.63, 3.8) is 0 Å². The number of para-hydroxylation sites is 1. The van der Waals surface area contributed by atoms with Crippen molar-refractivity contribution < 1.29 is 0 Å². The number of hydrogen-bond donors (Lipinski definition) is 1. The average Bonchev–Trinajstić information content (AvgIpc) is 2.90. The molecule has 0 saturated heterocycles. The minimum atomic E-state index is 0.493. The molecule has 3 nitrogen and oxygen atoms in total. The Balaban J connectivity index is 1.66. The fourth-order valence-corrected chi connectivity index (χ4v) is 5.54. The summed E-state index contributed by atoms with van der Waals surface area (Å²) < 4.78 is 2.24. The molecule has 0 radical (unpaired) electrons. The van der Waals surface area contributed by atoms with Crippen LogP contribution >= 0.6 is 12.2 Å². The van der Waals surface area contributed by atoms with Crippen LogP contribution in [-0.4, -0.2) is 20.6 Å². The van der Waals surface area contributed by atoms with Gasteiger partial charge in [0.25, 0.3) is 0 Å². The zero-order valence-corrected chi connectivity index (χ0v) is 20.2. The average molecular weight is 434 g/mol. The summed E-state index contributed by atoms with van der Waals surface area (Å²) in [6.07, 6.45) is 9.99. The highest BCUT2D eigenvalue weighted by atomic mass is 32.1. The minimum Gasteiger partial charge on any atom is -0.350 e. The van der Waals surface area contributed by atoms with Crippen LogP contribution in [-0.2, 0) is 13.6 Å². The van der Waals surface area contributed by atoms with E-state index in [1.165, 1.54) is 71.7 Å². The highest BCUT2D eigenvalue weighted by molar-refractivity contribution is 7.80. The van der Waals surface area contributed by atoms with E-state index in [-0.39, 0.29) is 0 Å². The lowest BCUT2D eigenvalue weighted by Gasteiger charge is -2.34. The molecule has 164 valence electrons. The number of fused-ring (bicyclic) bond motifs is 1. The van der Waals surface area contributed by atoms with Gasteiger partial charge in [-0.3, -0.25) is 0 Å². The molecule has 0 bridgehead atoms. The SMILES string of the molecule is Cc1cc(C)c(NC(=S)N(Cc2cn(C)c3ccccc23)C2CCCCCC2)c(C)c1. The Morgan fingerprint density at radius 2 is 1.68 bits per heavy atom. The van der Waals surface area contributed by atoms with E-state index in [2.05, 4.69) is 85.2 Å². The van der Waals surface area contributed by atoms with Crippen LogP contribution in [0.4, 0.5) is 5.69 Å². The monoisotopic (exact) mass is 433 g/mol. The van der Waals surface area contributed by atoms with Crippen molar-refractivity contribution in [2.24, 2.45) is 7.05 Å². The molecule has 1 aliphatic carbocycles. The molecule has 4 rings (SSSR count). The van der Waals surface area contributed by atoms with Crippen LogP contribution in [0.25, 0.3) is 10.9 Å². The van der Waals surface area contributed by atoms with Crippen LogP contribution in [0, 0.1) is 20.8 Å². The normalized spacial score (nSPS) is 15.1. The van der Waals surface area contributed by atoms with Gasteiger partial charge in [-0.1, -0.05) is 61.6 Å². The van der Waals surface area contributed by atoms with Crippen LogP contribution < -0.4 is 5.32 Å². The molecule has 0 amide bonds. The van der Waals surface area contributed by atoms with Gasteiger partial charge >= 0.3 is 0 Å². The third kappa shape index (κ3) is 4.79. The molecular formula is C27H35N3S. The Hall–Kier alpha value is -2.33. The Morgan fingerprint density at radius 1 is 1.03 bits per heavy atom. The number of aromatic nitrogens is 1. The number of nitrogens with one attached hydrogen (secondary N) is 1. The van der Waals surface area contributed by atoms with E-state index in [0.29, 0.717) is 6.04 Å². The van der Waals surface area contributed by atoms with Crippen LogP contribution in [0.5, 0.6) is 0 Å². The molecule has 1 heterocycles. The summed E-state index contributed by atoms with van der Waals surface area (Å²) in [6.45, 7) is 7.35. The highest BCUT2D eigenvalue weighted by Crippen LogP contribution is 2.29. The molecule has 0 aliphatic heterocycles. The molecule has 3 aromatic rings. The largest absolute Gasteiger partial charge is 0.350 e. The second-order valence-electron chi connectivity index (χ2n) is 9.26. The van der Waals surface area contributed by atoms with Crippen LogP contribution in [0.15, 0.2) is 42.6 Å². The Kier molecular flexibility index (Phi) is 6.66. The van der Waals surface area contributed by atoms with E-state index < -0.39 is 0 Å². The highest BCUT2D eigenvalue weighted by Gasteiger charge is 2.24. The summed E-state index contributed by atoms with van der Waals surface area (Å²) in [7, 11) is 2.14. The number of thiocarbonyl (C=S) groups is 1. The van der Waals surface area contributed by atoms with Crippen molar-refractivity contribution in [1.29, 1.82) is 0 Å². The minimum absolute atomic E-state index is 0.493. The predicted molar refractivity (Wildman–Crippen MR) is 137 cm³/mol. The van der Waals surface area contributed by atoms with Gasteiger partial charge in [-0.15, -0.1) is 0 Å². The quantitative estimate of drug-likeness (QED) is 0.352. The number of nitrogens with zero attached hydrogens (tertiary/aromatic N) is 2. The van der Waals surface area contributed by atoms with E-state index in [1.807, 2.05) is 0 Å². The van der Waals surface area contributed by atoms with E-state index >= 15 is 0 Å². The molecule has 31 heavy (non-hydrogen) atoms. The summed E-state index contributed by atoms with van der Waals surface area (Å²) in [6, 6.07) is 13.6. The number of hydrogen-bond acceptors (Lipinski definition) is 1. The maximum absolute atomic E-state index is 6.07. The van der Waals surface area contributed by atoms with Crippen molar-refractivity contribution in [2.75, 3.05) is 5.32 Å². The molecule has 0 spiro atoms. The number of rotatable bonds is 4. The van der Waals surface area contributed by atoms with Gasteiger partial charge in [0.05, 0.1) is 0 Å². The van der Waals surface area contributed by atoms with Crippen molar-refractivity contribution in [3.8, 4) is 0 Å². The summed E-state index contributed by atoms with van der Waals surface area (Å²) in [4.78, 5) is 2.47. The Labute approximate surface area is 192 Å². The molecular weight excluding hydrogens is 398 g/mol. The summed E-state index contributed by atoms with van der Waals surface area (Å²) in [5.41, 5.74) is 7.60. The molecule has 0 unspecified atom stereocenters. The van der Waals surface area contributed by atoms with Gasteiger partial charge in [0, 0.05) is 42.4 Å². The Bertz CT molecular complexity index is 1050. The Morgan fingerprint density at radius 3 is 2.35 bits per heavy atom. The van der Waals surface area contributed by atoms with Gasteiger partial charge in [0.1, 0.15) is 0 Å². The number of benzene rings is 2. The van der Waals surface area contributed by atoms with Gasteiger partial charge in [-0.25, -0.2) is 0 Å². The lowest BCUT2D eigenvalue weighted by Crippen LogP contribution is -2.42. The lowest BCUT2D eigenvalue weighted by molar-refractivity contribution is 0.281. The van der Waals surface area contributed by atoms with Crippen molar-refractivity contribution >= 4 is 33.9 Å². The van der Waals surface area contributed by atoms with E-state index in [4.69, 9.17) is 12.2 Å². The molecule has 2 aromatic carbocycles. The summed E-state index contributed by atoms with van der Waals surface area (Å²) in [5.74, 6) is 0. The van der Waals surface area contributed by atoms with E-state index in [0.717, 1.165) is 17.3 Å². The number of anilines is 1. The third-order valence-corrected chi connectivity index (χ3v) is 7.09. The smallest absolute Gasteiger partial charge is 0.173 e. The summed E-state index contributed by atoms with van der Waals surface area (Å²) >= 11 is 6.07. The number of aryl methyl sites for hydroxylation is 4. The summed E-state index contributed by atoms with van der Waals surface area (Å²) in [5, 5.41) is 5.83. The first-order chi connectivity index (χ1) is 14.9. The zero-order chi connectivity index (χ0) is 22.0. The lowest BCUT2D eigenvalue weighted by atomic mass is 10.0. The molecule has 1 aromatic heterocycles. The molecule has 1 fully saturated rings. The van der Waals surface area contributed by atoms with Crippen LogP contribution in [0.2, 0.25) is 0 Å². The standard InChI is InChI=1S/C27H35N3S/c1-19-15-20(2)26(21(3)16-19)28-27(31)30(23-11-7-5-6-8-12-23)18-22-17-29(4)25-14-10-9-13-24(22)25/h9-10,13-17,23H,5-8,11-12,18H2,1-4H3,(H,28,31). The van der Waals surface area contributed by atoms with Gasteiger partial charge in [-0.05, 0) is 68.6 Å². The molecule has 1 aliphatic rings. The fourth-order valence-electron chi connectivity index (χ4n) is 5.23. The first-order valence-corrected chi connectivity index (χ1v) is 12.0. The molecule has 4 heteroatoms. The topological polar surface area (TPSA) is 20.2 Å². The van der Waals surface area contributed by atoms with Gasteiger partial charge in [0.15, 0.2) is 5.11 Å². The van der Waals surface area contributed by atoms with Gasteiger partial charge in [0.2, 0.25) is 0 Å². The van der Waals surface area contributed by atoms with Crippen molar-refractivity contribution in [3.05, 3.63) is 64.8 Å². The second kappa shape index (κ2) is 9.44. The molecule has 1 saturated carbocycles. The van der Waals surface area contributed by atoms with Crippen LogP contribution in [0.3, 0.4) is 0 Å². The fraction of sp³-hybridized carbons (Fsp3) is 0.444. The van der Waals surface area contributed by atoms with Crippen molar-refractivity contribution in [2.45, 2.75) is 71.9 Å². The maximum atomic E-state index is 6.07. The third-order valence-electron chi connectivity index (χ3n) is 6.76. The molecule has 0 atom stereocenters. The van der Waals surface area contributed by atoms with E-state index in [1.54, 1.807) is 0 Å². The first kappa shape index (κ1) is 21.9. The van der Waals surface area contributed by atoms with E-state index in [9.17, 15) is 0 Å². The second-order valence-corrected chi connectivity index (χ2v) is 9.65. The van der Waals surface area contributed by atoms with Gasteiger partial charge in [-0.2, -0.15) is 0 Å². The first-order valence-electron chi connectivity index (χ1n) is 11.6. The van der Waals surface area contributed by atoms with Gasteiger partial charge < -0.3 is 14.8 Å². The van der Waals surface area contributed by atoms with Crippen LogP contribution in [0.1, 0.15) is 60.8 Å². The predicted octanol–water partition coefficient (Wildman–Crippen LogP) is 7.03. The molecule has 1 N–H and O–H groups in total. The zero-order valence-electron chi connectivity index (χ0n) is 19.4.